The maximum Gasteiger partial charge on any atom is 0.234 e. The van der Waals surface area contributed by atoms with Crippen molar-refractivity contribution in [3.8, 4) is 6.07 Å². The van der Waals surface area contributed by atoms with Gasteiger partial charge in [0.05, 0.1) is 17.9 Å². The summed E-state index contributed by atoms with van der Waals surface area (Å²) in [5, 5.41) is 9.40. The molecule has 0 aromatic heterocycles. The summed E-state index contributed by atoms with van der Waals surface area (Å²) in [6.07, 6.45) is 5.08. The Kier molecular flexibility index (Phi) is 3.11. The first kappa shape index (κ1) is 12.6. The van der Waals surface area contributed by atoms with Crippen molar-refractivity contribution in [1.82, 2.24) is 4.90 Å². The molecule has 1 heterocycles. The molecule has 4 nitrogen and oxygen atoms in total. The Morgan fingerprint density at radius 1 is 1.05 bits per heavy atom. The Balaban J connectivity index is 1.96. The molecule has 2 amide bonds. The van der Waals surface area contributed by atoms with E-state index < -0.39 is 6.04 Å². The number of amides is 2. The second kappa shape index (κ2) is 4.93. The van der Waals surface area contributed by atoms with Crippen LogP contribution in [-0.2, 0) is 9.59 Å². The van der Waals surface area contributed by atoms with Gasteiger partial charge in [-0.25, -0.2) is 0 Å². The monoisotopic (exact) mass is 266 g/mol. The number of allylic oxidation sites excluding steroid dienone is 2. The van der Waals surface area contributed by atoms with Crippen LogP contribution in [-0.4, -0.2) is 16.7 Å². The minimum Gasteiger partial charge on any atom is -0.274 e. The summed E-state index contributed by atoms with van der Waals surface area (Å²) in [6, 6.07) is 10.3. The van der Waals surface area contributed by atoms with Crippen LogP contribution >= 0.6 is 0 Å². The molecule has 1 aromatic carbocycles. The first-order valence-electron chi connectivity index (χ1n) is 6.70. The van der Waals surface area contributed by atoms with E-state index in [0.29, 0.717) is 18.4 Å². The van der Waals surface area contributed by atoms with Gasteiger partial charge in [-0.2, -0.15) is 5.26 Å². The molecule has 0 radical (unpaired) electrons. The van der Waals surface area contributed by atoms with E-state index in [-0.39, 0.29) is 23.7 Å². The van der Waals surface area contributed by atoms with Crippen LogP contribution < -0.4 is 0 Å². The third-order valence-electron chi connectivity index (χ3n) is 4.04. The quantitative estimate of drug-likeness (QED) is 0.609. The highest BCUT2D eigenvalue weighted by molar-refractivity contribution is 6.06. The maximum atomic E-state index is 12.4. The molecule has 1 aromatic rings. The molecule has 0 N–H and O–H groups in total. The van der Waals surface area contributed by atoms with Crippen molar-refractivity contribution in [2.75, 3.05) is 0 Å². The van der Waals surface area contributed by atoms with Crippen LogP contribution in [0.4, 0.5) is 0 Å². The van der Waals surface area contributed by atoms with E-state index in [1.807, 2.05) is 18.2 Å². The van der Waals surface area contributed by atoms with E-state index in [0.717, 1.165) is 4.90 Å². The highest BCUT2D eigenvalue weighted by atomic mass is 16.2. The number of likely N-dealkylation sites (tertiary alicyclic amines) is 1. The third kappa shape index (κ3) is 1.83. The zero-order valence-electron chi connectivity index (χ0n) is 10.9. The van der Waals surface area contributed by atoms with E-state index >= 15 is 0 Å². The molecule has 3 unspecified atom stereocenters. The summed E-state index contributed by atoms with van der Waals surface area (Å²) in [5.41, 5.74) is 0.684. The topological polar surface area (TPSA) is 61.2 Å². The highest BCUT2D eigenvalue weighted by Crippen LogP contribution is 2.39. The minimum atomic E-state index is -0.818. The van der Waals surface area contributed by atoms with Gasteiger partial charge in [0.2, 0.25) is 11.8 Å². The van der Waals surface area contributed by atoms with Gasteiger partial charge in [-0.3, -0.25) is 14.5 Å². The molecule has 0 spiro atoms. The summed E-state index contributed by atoms with van der Waals surface area (Å²) in [7, 11) is 0. The third-order valence-corrected chi connectivity index (χ3v) is 4.04. The van der Waals surface area contributed by atoms with Crippen LogP contribution in [0, 0.1) is 23.2 Å². The van der Waals surface area contributed by atoms with Gasteiger partial charge in [-0.05, 0) is 18.4 Å². The van der Waals surface area contributed by atoms with Crippen molar-refractivity contribution in [3.05, 3.63) is 48.0 Å². The average Bonchev–Trinajstić information content (AvgIpc) is 2.75. The van der Waals surface area contributed by atoms with E-state index in [2.05, 4.69) is 6.07 Å². The van der Waals surface area contributed by atoms with E-state index in [9.17, 15) is 14.9 Å². The van der Waals surface area contributed by atoms with Gasteiger partial charge < -0.3 is 0 Å². The van der Waals surface area contributed by atoms with Crippen LogP contribution in [0.25, 0.3) is 0 Å². The number of hydrogen-bond donors (Lipinski definition) is 0. The van der Waals surface area contributed by atoms with Crippen LogP contribution in [0.15, 0.2) is 42.5 Å². The number of imide groups is 1. The number of nitrogens with zero attached hydrogens (tertiary/aromatic N) is 2. The summed E-state index contributed by atoms with van der Waals surface area (Å²) < 4.78 is 0. The predicted octanol–water partition coefficient (Wildman–Crippen LogP) is 2.20. The van der Waals surface area contributed by atoms with Crippen molar-refractivity contribution in [2.45, 2.75) is 18.9 Å². The lowest BCUT2D eigenvalue weighted by Gasteiger charge is -2.21. The van der Waals surface area contributed by atoms with Gasteiger partial charge in [0.1, 0.15) is 0 Å². The normalized spacial score (nSPS) is 26.2. The lowest BCUT2D eigenvalue weighted by Crippen LogP contribution is -2.34. The molecule has 20 heavy (non-hydrogen) atoms. The fourth-order valence-corrected chi connectivity index (χ4v) is 3.00. The fraction of sp³-hybridized carbons (Fsp3) is 0.312. The molecule has 3 atom stereocenters. The minimum absolute atomic E-state index is 0.209. The van der Waals surface area contributed by atoms with Crippen molar-refractivity contribution < 1.29 is 9.59 Å². The van der Waals surface area contributed by atoms with Crippen molar-refractivity contribution in [1.29, 1.82) is 5.26 Å². The molecule has 1 fully saturated rings. The van der Waals surface area contributed by atoms with Crippen molar-refractivity contribution >= 4 is 11.8 Å². The van der Waals surface area contributed by atoms with Gasteiger partial charge in [0.25, 0.3) is 0 Å². The number of benzene rings is 1. The molecular formula is C16H14N2O2. The van der Waals surface area contributed by atoms with Gasteiger partial charge in [-0.15, -0.1) is 0 Å². The molecule has 0 bridgehead atoms. The Hall–Kier alpha value is -2.41. The number of rotatable bonds is 2. The average molecular weight is 266 g/mol. The SMILES string of the molecule is N#CC(c1ccccc1)N1C(=O)C2CC=CCC2C1=O. The van der Waals surface area contributed by atoms with E-state index in [1.165, 1.54) is 0 Å². The first-order chi connectivity index (χ1) is 9.74. The Morgan fingerprint density at radius 2 is 1.60 bits per heavy atom. The lowest BCUT2D eigenvalue weighted by molar-refractivity contribution is -0.141. The van der Waals surface area contributed by atoms with Crippen LogP contribution in [0.2, 0.25) is 0 Å². The maximum absolute atomic E-state index is 12.4. The van der Waals surface area contributed by atoms with Crippen LogP contribution in [0.3, 0.4) is 0 Å². The van der Waals surface area contributed by atoms with Gasteiger partial charge >= 0.3 is 0 Å². The van der Waals surface area contributed by atoms with Gasteiger partial charge in [0.15, 0.2) is 6.04 Å². The summed E-state index contributed by atoms with van der Waals surface area (Å²) in [6.45, 7) is 0. The van der Waals surface area contributed by atoms with E-state index in [1.54, 1.807) is 24.3 Å². The van der Waals surface area contributed by atoms with Crippen molar-refractivity contribution in [3.63, 3.8) is 0 Å². The summed E-state index contributed by atoms with van der Waals surface area (Å²) >= 11 is 0. The molecular weight excluding hydrogens is 252 g/mol. The molecule has 0 saturated carbocycles. The first-order valence-corrected chi connectivity index (χ1v) is 6.70. The molecule has 100 valence electrons. The number of carbonyl (C=O) groups is 2. The Morgan fingerprint density at radius 3 is 2.10 bits per heavy atom. The predicted molar refractivity (Wildman–Crippen MR) is 72.0 cm³/mol. The highest BCUT2D eigenvalue weighted by Gasteiger charge is 2.50. The number of carbonyl (C=O) groups excluding carboxylic acids is 2. The Bertz CT molecular complexity index is 589. The smallest absolute Gasteiger partial charge is 0.234 e. The number of nitriles is 1. The standard InChI is InChI=1S/C16H14N2O2/c17-10-14(11-6-2-1-3-7-11)18-15(19)12-8-4-5-9-13(12)16(18)20/h1-7,12-14H,8-9H2. The molecule has 1 aliphatic heterocycles. The van der Waals surface area contributed by atoms with Gasteiger partial charge in [0, 0.05) is 0 Å². The van der Waals surface area contributed by atoms with Crippen LogP contribution in [0.5, 0.6) is 0 Å². The zero-order chi connectivity index (χ0) is 14.1. The molecule has 2 aliphatic rings. The van der Waals surface area contributed by atoms with E-state index in [4.69, 9.17) is 0 Å². The summed E-state index contributed by atoms with van der Waals surface area (Å²) in [5.74, 6) is -0.987. The molecule has 4 heteroatoms. The number of fused-ring (bicyclic) bond motifs is 1. The zero-order valence-corrected chi connectivity index (χ0v) is 10.9. The van der Waals surface area contributed by atoms with Crippen molar-refractivity contribution in [2.24, 2.45) is 11.8 Å². The lowest BCUT2D eigenvalue weighted by atomic mass is 9.85. The molecule has 1 aliphatic carbocycles. The second-order valence-electron chi connectivity index (χ2n) is 5.14. The number of hydrogen-bond acceptors (Lipinski definition) is 3. The van der Waals surface area contributed by atoms with Gasteiger partial charge in [-0.1, -0.05) is 42.5 Å². The summed E-state index contributed by atoms with van der Waals surface area (Å²) in [4.78, 5) is 26.1. The largest absolute Gasteiger partial charge is 0.274 e. The van der Waals surface area contributed by atoms with Crippen LogP contribution in [0.1, 0.15) is 24.4 Å². The molecule has 1 saturated heterocycles. The fourth-order valence-electron chi connectivity index (χ4n) is 3.00. The Labute approximate surface area is 117 Å². The second-order valence-corrected chi connectivity index (χ2v) is 5.14. The molecule has 3 rings (SSSR count).